The van der Waals surface area contributed by atoms with Gasteiger partial charge in [0.15, 0.2) is 11.5 Å². The lowest BCUT2D eigenvalue weighted by atomic mass is 10.2. The molecule has 0 saturated heterocycles. The zero-order chi connectivity index (χ0) is 23.0. The van der Waals surface area contributed by atoms with Crippen LogP contribution >= 0.6 is 0 Å². The minimum Gasteiger partial charge on any atom is -0.493 e. The van der Waals surface area contributed by atoms with Crippen LogP contribution in [-0.4, -0.2) is 40.8 Å². The molecule has 0 spiro atoms. The van der Waals surface area contributed by atoms with Gasteiger partial charge in [-0.3, -0.25) is 9.10 Å². The summed E-state index contributed by atoms with van der Waals surface area (Å²) in [4.78, 5) is 12.4. The molecule has 168 valence electrons. The highest BCUT2D eigenvalue weighted by Gasteiger charge is 2.18. The number of methoxy groups -OCH3 is 1. The van der Waals surface area contributed by atoms with Gasteiger partial charge in [0.2, 0.25) is 10.0 Å². The average molecular weight is 455 g/mol. The van der Waals surface area contributed by atoms with E-state index < -0.39 is 10.0 Å². The molecule has 0 aliphatic heterocycles. The lowest BCUT2D eigenvalue weighted by Gasteiger charge is -2.22. The summed E-state index contributed by atoms with van der Waals surface area (Å²) in [5.41, 5.74) is 1.79. The fourth-order valence-corrected chi connectivity index (χ4v) is 3.98. The maximum absolute atomic E-state index is 12.4. The third-order valence-electron chi connectivity index (χ3n) is 4.70. The van der Waals surface area contributed by atoms with Crippen LogP contribution in [0.1, 0.15) is 15.9 Å². The van der Waals surface area contributed by atoms with Gasteiger partial charge >= 0.3 is 0 Å². The van der Waals surface area contributed by atoms with Gasteiger partial charge in [0.25, 0.3) is 5.91 Å². The van der Waals surface area contributed by atoms with Crippen molar-refractivity contribution in [1.29, 1.82) is 0 Å². The number of para-hydroxylation sites is 2. The first-order valence-electron chi connectivity index (χ1n) is 10.0. The second-order valence-electron chi connectivity index (χ2n) is 7.06. The summed E-state index contributed by atoms with van der Waals surface area (Å²) in [5.74, 6) is 0.961. The van der Waals surface area contributed by atoms with Gasteiger partial charge in [-0.15, -0.1) is 0 Å². The maximum atomic E-state index is 12.4. The minimum absolute atomic E-state index is 0.214. The molecule has 7 nitrogen and oxygen atoms in total. The Hall–Kier alpha value is -3.52. The van der Waals surface area contributed by atoms with E-state index >= 15 is 0 Å². The molecule has 0 fully saturated rings. The summed E-state index contributed by atoms with van der Waals surface area (Å²) in [6.07, 6.45) is 1.16. The Balaban J connectivity index is 1.59. The van der Waals surface area contributed by atoms with E-state index in [1.54, 1.807) is 43.5 Å². The van der Waals surface area contributed by atoms with E-state index in [9.17, 15) is 13.2 Å². The molecule has 0 atom stereocenters. The summed E-state index contributed by atoms with van der Waals surface area (Å²) < 4.78 is 36.8. The number of nitrogens with zero attached hydrogens (tertiary/aromatic N) is 1. The van der Waals surface area contributed by atoms with Crippen LogP contribution in [0.3, 0.4) is 0 Å². The highest BCUT2D eigenvalue weighted by atomic mass is 32.2. The van der Waals surface area contributed by atoms with Crippen molar-refractivity contribution in [3.8, 4) is 11.5 Å². The lowest BCUT2D eigenvalue weighted by Crippen LogP contribution is -2.30. The highest BCUT2D eigenvalue weighted by Crippen LogP contribution is 2.25. The van der Waals surface area contributed by atoms with Gasteiger partial charge in [-0.05, 0) is 42.0 Å². The minimum atomic E-state index is -3.49. The molecule has 0 saturated carbocycles. The maximum Gasteiger partial charge on any atom is 0.251 e. The van der Waals surface area contributed by atoms with Crippen LogP contribution in [0.25, 0.3) is 0 Å². The number of hydrogen-bond acceptors (Lipinski definition) is 5. The summed E-state index contributed by atoms with van der Waals surface area (Å²) in [7, 11) is -1.93. The van der Waals surface area contributed by atoms with Crippen molar-refractivity contribution in [1.82, 2.24) is 5.32 Å². The number of carbonyl (C=O) groups excluding carboxylic acids is 1. The second kappa shape index (κ2) is 10.7. The van der Waals surface area contributed by atoms with E-state index in [0.717, 1.165) is 11.8 Å². The molecule has 3 aromatic rings. The molecule has 0 bridgehead atoms. The smallest absolute Gasteiger partial charge is 0.251 e. The molecule has 3 rings (SSSR count). The number of sulfonamides is 1. The van der Waals surface area contributed by atoms with Gasteiger partial charge in [-0.1, -0.05) is 42.5 Å². The normalized spacial score (nSPS) is 10.9. The van der Waals surface area contributed by atoms with Gasteiger partial charge in [0.1, 0.15) is 6.61 Å². The van der Waals surface area contributed by atoms with Crippen LogP contribution in [0.5, 0.6) is 11.5 Å². The highest BCUT2D eigenvalue weighted by molar-refractivity contribution is 7.92. The number of ether oxygens (including phenoxy) is 2. The Labute approximate surface area is 188 Å². The molecule has 0 aromatic heterocycles. The van der Waals surface area contributed by atoms with E-state index in [1.165, 1.54) is 4.31 Å². The zero-order valence-corrected chi connectivity index (χ0v) is 18.8. The molecule has 1 amide bonds. The number of nitrogens with one attached hydrogen (secondary N) is 1. The fraction of sp³-hybridized carbons (Fsp3) is 0.208. The number of rotatable bonds is 10. The van der Waals surface area contributed by atoms with Crippen molar-refractivity contribution in [2.24, 2.45) is 0 Å². The fourth-order valence-electron chi connectivity index (χ4n) is 3.09. The van der Waals surface area contributed by atoms with Crippen molar-refractivity contribution < 1.29 is 22.7 Å². The van der Waals surface area contributed by atoms with Crippen LogP contribution in [0.4, 0.5) is 5.69 Å². The Morgan fingerprint density at radius 3 is 2.16 bits per heavy atom. The molecule has 0 aliphatic carbocycles. The molecule has 32 heavy (non-hydrogen) atoms. The van der Waals surface area contributed by atoms with Crippen molar-refractivity contribution in [2.45, 2.75) is 6.54 Å². The quantitative estimate of drug-likeness (QED) is 0.474. The van der Waals surface area contributed by atoms with Crippen LogP contribution in [-0.2, 0) is 16.6 Å². The SMILES string of the molecule is COc1ccccc1OCCNC(=O)c1ccc(N(Cc2ccccc2)S(C)(=O)=O)cc1. The van der Waals surface area contributed by atoms with Gasteiger partial charge in [-0.25, -0.2) is 8.42 Å². The van der Waals surface area contributed by atoms with Crippen molar-refractivity contribution in [2.75, 3.05) is 30.8 Å². The first-order chi connectivity index (χ1) is 15.4. The van der Waals surface area contributed by atoms with E-state index in [4.69, 9.17) is 9.47 Å². The van der Waals surface area contributed by atoms with E-state index in [0.29, 0.717) is 29.3 Å². The van der Waals surface area contributed by atoms with Crippen molar-refractivity contribution in [3.05, 3.63) is 90.0 Å². The molecule has 0 radical (unpaired) electrons. The predicted molar refractivity (Wildman–Crippen MR) is 125 cm³/mol. The largest absolute Gasteiger partial charge is 0.493 e. The molecule has 0 heterocycles. The summed E-state index contributed by atoms with van der Waals surface area (Å²) in [6, 6.07) is 23.1. The summed E-state index contributed by atoms with van der Waals surface area (Å²) in [5, 5.41) is 2.79. The molecule has 0 aliphatic rings. The standard InChI is InChI=1S/C24H26N2O5S/c1-30-22-10-6-7-11-23(22)31-17-16-25-24(27)20-12-14-21(15-13-20)26(32(2,28)29)18-19-8-4-3-5-9-19/h3-15H,16-18H2,1-2H3,(H,25,27). The zero-order valence-electron chi connectivity index (χ0n) is 18.0. The number of hydrogen-bond donors (Lipinski definition) is 1. The first-order valence-corrected chi connectivity index (χ1v) is 11.9. The van der Waals surface area contributed by atoms with Crippen LogP contribution in [0.2, 0.25) is 0 Å². The first kappa shape index (κ1) is 23.1. The van der Waals surface area contributed by atoms with Crippen LogP contribution in [0.15, 0.2) is 78.9 Å². The third-order valence-corrected chi connectivity index (χ3v) is 5.84. The topological polar surface area (TPSA) is 84.9 Å². The Kier molecular flexibility index (Phi) is 7.72. The predicted octanol–water partition coefficient (Wildman–Crippen LogP) is 3.47. The van der Waals surface area contributed by atoms with Gasteiger partial charge in [0, 0.05) is 5.56 Å². The summed E-state index contributed by atoms with van der Waals surface area (Å²) >= 11 is 0. The number of anilines is 1. The Morgan fingerprint density at radius 1 is 0.906 bits per heavy atom. The Morgan fingerprint density at radius 2 is 1.53 bits per heavy atom. The third kappa shape index (κ3) is 6.24. The molecule has 3 aromatic carbocycles. The van der Waals surface area contributed by atoms with Crippen LogP contribution < -0.4 is 19.1 Å². The number of carbonyl (C=O) groups is 1. The second-order valence-corrected chi connectivity index (χ2v) is 8.96. The van der Waals surface area contributed by atoms with Gasteiger partial charge in [-0.2, -0.15) is 0 Å². The van der Waals surface area contributed by atoms with E-state index in [-0.39, 0.29) is 19.1 Å². The molecule has 1 N–H and O–H groups in total. The van der Waals surface area contributed by atoms with Crippen molar-refractivity contribution >= 4 is 21.6 Å². The average Bonchev–Trinajstić information content (AvgIpc) is 2.80. The lowest BCUT2D eigenvalue weighted by molar-refractivity contribution is 0.0947. The molecule has 0 unspecified atom stereocenters. The van der Waals surface area contributed by atoms with Gasteiger partial charge in [0.05, 0.1) is 32.1 Å². The molecule has 8 heteroatoms. The number of amides is 1. The van der Waals surface area contributed by atoms with Gasteiger partial charge < -0.3 is 14.8 Å². The molecular formula is C24H26N2O5S. The Bertz CT molecular complexity index is 1130. The monoisotopic (exact) mass is 454 g/mol. The number of benzene rings is 3. The van der Waals surface area contributed by atoms with Crippen LogP contribution in [0, 0.1) is 0 Å². The van der Waals surface area contributed by atoms with E-state index in [2.05, 4.69) is 5.32 Å². The summed E-state index contributed by atoms with van der Waals surface area (Å²) in [6.45, 7) is 0.802. The molecular weight excluding hydrogens is 428 g/mol. The van der Waals surface area contributed by atoms with E-state index in [1.807, 2.05) is 42.5 Å². The van der Waals surface area contributed by atoms with Crippen molar-refractivity contribution in [3.63, 3.8) is 0 Å².